The number of carbonyl (C=O) groups excluding carboxylic acids is 7. The lowest BCUT2D eigenvalue weighted by Crippen LogP contribution is -2.53. The number of amides is 1. The molecule has 6 aliphatic rings. The minimum atomic E-state index is -5.14. The number of rotatable bonds is 18. The standard InChI is InChI=1S/C45H44F3NO10.C29H33NO10/c1-5-44(26-13-8-6-9-14-26,27-15-10-7-11-16-27)57-22-31(50)25-19-29-36(33(20-25)59-34-21-30(23(2)24(3)58-34)49-43(55)45(46,47)48)42(54)38-37(40(29)52)39(51)28-17-12-18-32(56-4)35(28)41(38)53;1-4-38-29-15-8-13(17(32)11-31)9-19(40-20-10-16(30)25(33)12(2)39-20)22(15)28(36)23-24(29)26(34)14-6-5-7-18(37-3)21(14)27(23)35/h6-18,23-25,30,33-34,52,54H,5,19-22H2,1-4H3,(H,49,55);5-7,12-13,16,19-20,25,31,33,36H,4,8-11,30H2,1-3H3/t23-,24+,25-,30+,33+,34+;12-,13+,16-,19-,20-,25+/m10/s1. The average Bonchev–Trinajstić information content (AvgIpc) is 0.731. The van der Waals surface area contributed by atoms with Crippen LogP contribution in [0, 0.1) is 17.8 Å². The summed E-state index contributed by atoms with van der Waals surface area (Å²) >= 11 is 0. The Hall–Kier alpha value is -8.92. The number of benzene rings is 6. The van der Waals surface area contributed by atoms with Crippen molar-refractivity contribution in [1.29, 1.82) is 0 Å². The number of hydrogen-bond acceptors (Lipinski definition) is 21. The lowest BCUT2D eigenvalue weighted by molar-refractivity contribution is -0.243. The highest BCUT2D eigenvalue weighted by Crippen LogP contribution is 2.55. The molecule has 1 amide bonds. The number of aliphatic hydroxyl groups is 2. The Bertz CT molecular complexity index is 4110. The molecule has 2 saturated heterocycles. The Morgan fingerprint density at radius 1 is 0.606 bits per heavy atom. The van der Waals surface area contributed by atoms with E-state index in [2.05, 4.69) is 0 Å². The number of halogens is 3. The molecule has 12 rings (SSSR count). The molecule has 12 atom stereocenters. The number of alkyl halides is 3. The third-order valence-corrected chi connectivity index (χ3v) is 20.0. The van der Waals surface area contributed by atoms with E-state index < -0.39 is 167 Å². The molecular formula is C74H77F3N2O20. The first-order chi connectivity index (χ1) is 47.2. The lowest BCUT2D eigenvalue weighted by atomic mass is 9.73. The van der Waals surface area contributed by atoms with Crippen LogP contribution < -0.4 is 25.3 Å². The summed E-state index contributed by atoms with van der Waals surface area (Å²) in [5.41, 5.74) is 5.89. The van der Waals surface area contributed by atoms with Crippen LogP contribution in [0.15, 0.2) is 97.1 Å². The van der Waals surface area contributed by atoms with Gasteiger partial charge in [-0.15, -0.1) is 0 Å². The number of ketones is 6. The number of methoxy groups -OCH3 is 2. The Morgan fingerprint density at radius 2 is 1.09 bits per heavy atom. The number of phenols is 3. The number of aliphatic hydroxyl groups excluding tert-OH is 2. The van der Waals surface area contributed by atoms with Crippen molar-refractivity contribution in [2.24, 2.45) is 23.5 Å². The quantitative estimate of drug-likeness (QED) is 0.0394. The van der Waals surface area contributed by atoms with Crippen LogP contribution in [0.4, 0.5) is 13.2 Å². The van der Waals surface area contributed by atoms with Crippen molar-refractivity contribution in [3.05, 3.63) is 175 Å². The van der Waals surface area contributed by atoms with E-state index in [1.165, 1.54) is 38.5 Å². The van der Waals surface area contributed by atoms with Crippen molar-refractivity contribution >= 4 is 40.6 Å². The number of fused-ring (bicyclic) bond motifs is 6. The van der Waals surface area contributed by atoms with E-state index in [9.17, 15) is 72.3 Å². The van der Waals surface area contributed by atoms with Crippen LogP contribution in [0.25, 0.3) is 0 Å². The summed E-state index contributed by atoms with van der Waals surface area (Å²) in [6, 6.07) is 26.3. The molecule has 8 N–H and O–H groups in total. The molecular weight excluding hydrogens is 1290 g/mol. The molecule has 22 nitrogen and oxygen atoms in total. The van der Waals surface area contributed by atoms with Crippen LogP contribution in [-0.4, -0.2) is 149 Å². The van der Waals surface area contributed by atoms with Gasteiger partial charge in [-0.1, -0.05) is 98.8 Å². The van der Waals surface area contributed by atoms with E-state index >= 15 is 0 Å². The van der Waals surface area contributed by atoms with Crippen LogP contribution in [0.3, 0.4) is 0 Å². The van der Waals surface area contributed by atoms with Gasteiger partial charge in [-0.2, -0.15) is 13.2 Å². The molecule has 6 aromatic rings. The number of Topliss-reactive ketones (excluding diaryl/α,β-unsaturated/α-hetero) is 2. The van der Waals surface area contributed by atoms with Gasteiger partial charge in [-0.3, -0.25) is 33.6 Å². The SMILES string of the molecule is CCC(OCC(=O)[C@@H]1Cc2c(O)c3c(c(O)c2[C@@H](O[C@H]2C[C@H](NC(=O)C(F)(F)F)[C@H](C)[C@H](C)O2)C1)C(=O)c1c(OC)cccc1C3=O)(c1ccccc1)c1ccccc1.CCOc1c2c(c(O)c3c1C(=O)c1cccc(OC)c1C3=O)[C@@H](O[C@H]1C[C@H](N)[C@H](O)[C@H](C)O1)C[C@H](C(=O)CO)C2. The van der Waals surface area contributed by atoms with Gasteiger partial charge in [-0.25, -0.2) is 0 Å². The first-order valence-electron chi connectivity index (χ1n) is 32.8. The zero-order valence-electron chi connectivity index (χ0n) is 55.3. The van der Waals surface area contributed by atoms with Crippen molar-refractivity contribution in [2.75, 3.05) is 34.0 Å². The number of nitrogens with two attached hydrogens (primary N) is 1. The van der Waals surface area contributed by atoms with Gasteiger partial charge in [0.1, 0.15) is 53.3 Å². The topological polar surface area (TPSA) is 333 Å². The second kappa shape index (κ2) is 28.7. The maximum atomic E-state index is 14.4. The van der Waals surface area contributed by atoms with Crippen LogP contribution in [0.1, 0.15) is 176 Å². The third kappa shape index (κ3) is 13.1. The van der Waals surface area contributed by atoms with E-state index in [1.807, 2.05) is 72.9 Å². The summed E-state index contributed by atoms with van der Waals surface area (Å²) < 4.78 is 87.9. The molecule has 0 saturated carbocycles. The Balaban J connectivity index is 0.000000215. The highest BCUT2D eigenvalue weighted by molar-refractivity contribution is 6.32. The largest absolute Gasteiger partial charge is 0.507 e. The summed E-state index contributed by atoms with van der Waals surface area (Å²) in [6.07, 6.45) is -11.7. The molecule has 99 heavy (non-hydrogen) atoms. The average molecular weight is 1370 g/mol. The fourth-order valence-corrected chi connectivity index (χ4v) is 14.7. The normalized spacial score (nSPS) is 24.7. The predicted octanol–water partition coefficient (Wildman–Crippen LogP) is 8.84. The van der Waals surface area contributed by atoms with E-state index in [1.54, 1.807) is 39.8 Å². The van der Waals surface area contributed by atoms with E-state index in [4.69, 9.17) is 43.6 Å². The van der Waals surface area contributed by atoms with E-state index in [0.29, 0.717) is 12.0 Å². The number of nitrogens with one attached hydrogen (secondary N) is 1. The van der Waals surface area contributed by atoms with E-state index in [0.717, 1.165) is 11.1 Å². The highest BCUT2D eigenvalue weighted by atomic mass is 19.4. The smallest absolute Gasteiger partial charge is 0.471 e. The molecule has 0 spiro atoms. The summed E-state index contributed by atoms with van der Waals surface area (Å²) in [5.74, 6) is -9.26. The van der Waals surface area contributed by atoms with Gasteiger partial charge in [-0.05, 0) is 76.1 Å². The Morgan fingerprint density at radius 3 is 1.60 bits per heavy atom. The van der Waals surface area contributed by atoms with Crippen LogP contribution >= 0.6 is 0 Å². The molecule has 25 heteroatoms. The zero-order chi connectivity index (χ0) is 71.3. The maximum absolute atomic E-state index is 14.4. The molecule has 0 unspecified atom stereocenters. The summed E-state index contributed by atoms with van der Waals surface area (Å²) in [6.45, 7) is 7.59. The van der Waals surface area contributed by atoms with Gasteiger partial charge < -0.3 is 74.5 Å². The third-order valence-electron chi connectivity index (χ3n) is 20.0. The molecule has 0 radical (unpaired) electrons. The van der Waals surface area contributed by atoms with Gasteiger partial charge in [0.25, 0.3) is 0 Å². The van der Waals surface area contributed by atoms with Crippen molar-refractivity contribution in [2.45, 2.75) is 147 Å². The molecule has 2 heterocycles. The molecule has 6 aromatic carbocycles. The van der Waals surface area contributed by atoms with Crippen molar-refractivity contribution in [1.82, 2.24) is 5.32 Å². The maximum Gasteiger partial charge on any atom is 0.471 e. The monoisotopic (exact) mass is 1370 g/mol. The number of hydrogen-bond donors (Lipinski definition) is 7. The first-order valence-corrected chi connectivity index (χ1v) is 32.8. The van der Waals surface area contributed by atoms with Gasteiger partial charge in [0.2, 0.25) is 11.6 Å². The Labute approximate surface area is 567 Å². The predicted molar refractivity (Wildman–Crippen MR) is 346 cm³/mol. The molecule has 0 aromatic heterocycles. The molecule has 2 aliphatic heterocycles. The van der Waals surface area contributed by atoms with Crippen LogP contribution in [0.2, 0.25) is 0 Å². The first kappa shape index (κ1) is 71.4. The highest BCUT2D eigenvalue weighted by Gasteiger charge is 2.50. The van der Waals surface area contributed by atoms with Gasteiger partial charge in [0.05, 0.1) is 84.7 Å². The van der Waals surface area contributed by atoms with Crippen molar-refractivity contribution < 1.29 is 110 Å². The number of phenolic OH excluding ortho intramolecular Hbond substituents is 3. The lowest BCUT2D eigenvalue weighted by Gasteiger charge is -2.42. The number of aromatic hydroxyl groups is 3. The summed E-state index contributed by atoms with van der Waals surface area (Å²) in [5, 5.41) is 57.6. The number of ether oxygens (including phenoxy) is 8. The fourth-order valence-electron chi connectivity index (χ4n) is 14.7. The minimum absolute atomic E-state index is 0.0182. The zero-order valence-corrected chi connectivity index (χ0v) is 55.3. The molecule has 4 aliphatic carbocycles. The fraction of sp³-hybridized carbons (Fsp3) is 0.419. The minimum Gasteiger partial charge on any atom is -0.507 e. The molecule has 524 valence electrons. The van der Waals surface area contributed by atoms with Crippen LogP contribution in [0.5, 0.6) is 34.5 Å². The van der Waals surface area contributed by atoms with E-state index in [-0.39, 0.29) is 112 Å². The summed E-state index contributed by atoms with van der Waals surface area (Å²) in [4.78, 5) is 95.1. The van der Waals surface area contributed by atoms with Gasteiger partial charge in [0.15, 0.2) is 35.7 Å². The second-order valence-corrected chi connectivity index (χ2v) is 25.6. The van der Waals surface area contributed by atoms with Gasteiger partial charge in [0, 0.05) is 76.1 Å². The number of carbonyl (C=O) groups is 7. The Kier molecular flexibility index (Phi) is 20.7. The van der Waals surface area contributed by atoms with Crippen molar-refractivity contribution in [3.8, 4) is 34.5 Å². The van der Waals surface area contributed by atoms with Crippen molar-refractivity contribution in [3.63, 3.8) is 0 Å². The molecule has 0 bridgehead atoms. The summed E-state index contributed by atoms with van der Waals surface area (Å²) in [7, 11) is 2.70. The van der Waals surface area contributed by atoms with Gasteiger partial charge >= 0.3 is 12.1 Å². The molecule has 2 fully saturated rings. The van der Waals surface area contributed by atoms with Crippen LogP contribution in [-0.2, 0) is 56.5 Å². The second-order valence-electron chi connectivity index (χ2n) is 25.6.